The van der Waals surface area contributed by atoms with Crippen LogP contribution in [0.1, 0.15) is 32.1 Å². The average Bonchev–Trinajstić information content (AvgIpc) is 2.85. The summed E-state index contributed by atoms with van der Waals surface area (Å²) in [5.41, 5.74) is 0.778. The van der Waals surface area contributed by atoms with Gasteiger partial charge in [0.2, 0.25) is 11.8 Å². The highest BCUT2D eigenvalue weighted by Gasteiger charge is 2.37. The first-order chi connectivity index (χ1) is 12.2. The number of ether oxygens (including phenoxy) is 2. The lowest BCUT2D eigenvalue weighted by atomic mass is 10.1. The molecule has 1 atom stereocenters. The molecular formula is C19H24N2O4. The van der Waals surface area contributed by atoms with Gasteiger partial charge in [0, 0.05) is 37.8 Å². The SMILES string of the molecule is O=C([C@@H]1CC(=O)N(c2ccc3c(c2)OCCO3)C1)N1CCCCCC1. The third kappa shape index (κ3) is 3.30. The Morgan fingerprint density at radius 3 is 2.48 bits per heavy atom. The highest BCUT2D eigenvalue weighted by atomic mass is 16.6. The normalized spacial score (nSPS) is 23.5. The van der Waals surface area contributed by atoms with Crippen LogP contribution in [0, 0.1) is 5.92 Å². The Balaban J connectivity index is 1.47. The summed E-state index contributed by atoms with van der Waals surface area (Å²) < 4.78 is 11.1. The van der Waals surface area contributed by atoms with Crippen molar-refractivity contribution in [2.45, 2.75) is 32.1 Å². The van der Waals surface area contributed by atoms with E-state index in [1.807, 2.05) is 23.1 Å². The number of rotatable bonds is 2. The van der Waals surface area contributed by atoms with E-state index in [-0.39, 0.29) is 17.7 Å². The molecule has 0 N–H and O–H groups in total. The van der Waals surface area contributed by atoms with Crippen LogP contribution < -0.4 is 14.4 Å². The van der Waals surface area contributed by atoms with Crippen molar-refractivity contribution in [3.8, 4) is 11.5 Å². The van der Waals surface area contributed by atoms with Crippen LogP contribution in [0.5, 0.6) is 11.5 Å². The molecule has 0 saturated carbocycles. The lowest BCUT2D eigenvalue weighted by Gasteiger charge is -2.24. The molecule has 3 aliphatic rings. The van der Waals surface area contributed by atoms with Crippen LogP contribution in [0.25, 0.3) is 0 Å². The minimum absolute atomic E-state index is 0.00449. The Hall–Kier alpha value is -2.24. The predicted molar refractivity (Wildman–Crippen MR) is 92.9 cm³/mol. The quantitative estimate of drug-likeness (QED) is 0.825. The molecule has 2 amide bonds. The summed E-state index contributed by atoms with van der Waals surface area (Å²) in [6.45, 7) is 3.16. The molecule has 6 nitrogen and oxygen atoms in total. The largest absolute Gasteiger partial charge is 0.486 e. The van der Waals surface area contributed by atoms with E-state index in [4.69, 9.17) is 9.47 Å². The van der Waals surface area contributed by atoms with Crippen LogP contribution in [0.15, 0.2) is 18.2 Å². The average molecular weight is 344 g/mol. The number of carbonyl (C=O) groups is 2. The maximum Gasteiger partial charge on any atom is 0.228 e. The van der Waals surface area contributed by atoms with Crippen LogP contribution in [-0.4, -0.2) is 49.6 Å². The molecule has 2 saturated heterocycles. The van der Waals surface area contributed by atoms with Crippen LogP contribution >= 0.6 is 0 Å². The third-order valence-corrected chi connectivity index (χ3v) is 5.23. The highest BCUT2D eigenvalue weighted by molar-refractivity contribution is 6.00. The summed E-state index contributed by atoms with van der Waals surface area (Å²) in [6.07, 6.45) is 4.81. The van der Waals surface area contributed by atoms with E-state index in [2.05, 4.69) is 0 Å². The third-order valence-electron chi connectivity index (χ3n) is 5.23. The number of carbonyl (C=O) groups excluding carboxylic acids is 2. The number of benzene rings is 1. The van der Waals surface area contributed by atoms with Gasteiger partial charge in [-0.3, -0.25) is 9.59 Å². The maximum absolute atomic E-state index is 12.8. The fourth-order valence-electron chi connectivity index (χ4n) is 3.87. The molecule has 134 valence electrons. The van der Waals surface area contributed by atoms with Crippen LogP contribution in [0.4, 0.5) is 5.69 Å². The molecule has 3 heterocycles. The zero-order valence-corrected chi connectivity index (χ0v) is 14.4. The first kappa shape index (κ1) is 16.2. The monoisotopic (exact) mass is 344 g/mol. The van der Waals surface area contributed by atoms with Crippen molar-refractivity contribution in [3.05, 3.63) is 18.2 Å². The molecule has 3 aliphatic heterocycles. The Morgan fingerprint density at radius 2 is 1.72 bits per heavy atom. The van der Waals surface area contributed by atoms with Gasteiger partial charge in [-0.15, -0.1) is 0 Å². The molecule has 4 rings (SSSR count). The van der Waals surface area contributed by atoms with Crippen LogP contribution in [0.3, 0.4) is 0 Å². The van der Waals surface area contributed by atoms with Crippen LogP contribution in [-0.2, 0) is 9.59 Å². The molecule has 1 aromatic rings. The van der Waals surface area contributed by atoms with Crippen molar-refractivity contribution < 1.29 is 19.1 Å². The van der Waals surface area contributed by atoms with Crippen molar-refractivity contribution in [2.24, 2.45) is 5.92 Å². The van der Waals surface area contributed by atoms with E-state index < -0.39 is 0 Å². The lowest BCUT2D eigenvalue weighted by Crippen LogP contribution is -2.38. The Labute approximate surface area is 147 Å². The van der Waals surface area contributed by atoms with Gasteiger partial charge in [-0.05, 0) is 25.0 Å². The lowest BCUT2D eigenvalue weighted by molar-refractivity contribution is -0.135. The smallest absolute Gasteiger partial charge is 0.228 e. The topological polar surface area (TPSA) is 59.1 Å². The van der Waals surface area contributed by atoms with Gasteiger partial charge in [0.05, 0.1) is 5.92 Å². The van der Waals surface area contributed by atoms with Crippen LogP contribution in [0.2, 0.25) is 0 Å². The Morgan fingerprint density at radius 1 is 1.00 bits per heavy atom. The highest BCUT2D eigenvalue weighted by Crippen LogP contribution is 2.36. The number of hydrogen-bond donors (Lipinski definition) is 0. The van der Waals surface area contributed by atoms with E-state index in [0.29, 0.717) is 37.7 Å². The molecule has 0 aromatic heterocycles. The first-order valence-corrected chi connectivity index (χ1v) is 9.21. The number of likely N-dealkylation sites (tertiary alicyclic amines) is 1. The van der Waals surface area contributed by atoms with Gasteiger partial charge < -0.3 is 19.3 Å². The summed E-state index contributed by atoms with van der Waals surface area (Å²) in [6, 6.07) is 5.54. The van der Waals surface area contributed by atoms with Crippen molar-refractivity contribution in [1.82, 2.24) is 4.90 Å². The number of amides is 2. The standard InChI is InChI=1S/C19H24N2O4/c22-18-11-14(19(23)20-7-3-1-2-4-8-20)13-21(18)15-5-6-16-17(12-15)25-10-9-24-16/h5-6,12,14H,1-4,7-11,13H2/t14-/m1/s1. The fourth-order valence-corrected chi connectivity index (χ4v) is 3.87. The van der Waals surface area contributed by atoms with E-state index in [9.17, 15) is 9.59 Å². The minimum Gasteiger partial charge on any atom is -0.486 e. The first-order valence-electron chi connectivity index (χ1n) is 9.21. The Kier molecular flexibility index (Phi) is 4.51. The zero-order chi connectivity index (χ0) is 17.2. The van der Waals surface area contributed by atoms with Gasteiger partial charge in [0.1, 0.15) is 13.2 Å². The minimum atomic E-state index is -0.237. The van der Waals surface area contributed by atoms with Crippen molar-refractivity contribution in [1.29, 1.82) is 0 Å². The summed E-state index contributed by atoms with van der Waals surface area (Å²) >= 11 is 0. The fraction of sp³-hybridized carbons (Fsp3) is 0.579. The summed E-state index contributed by atoms with van der Waals surface area (Å²) in [5.74, 6) is 1.27. The van der Waals surface area contributed by atoms with E-state index in [0.717, 1.165) is 31.6 Å². The van der Waals surface area contributed by atoms with E-state index >= 15 is 0 Å². The second kappa shape index (κ2) is 6.94. The molecule has 2 fully saturated rings. The predicted octanol–water partition coefficient (Wildman–Crippen LogP) is 2.21. The molecule has 0 aliphatic carbocycles. The summed E-state index contributed by atoms with van der Waals surface area (Å²) in [5, 5.41) is 0. The second-order valence-corrected chi connectivity index (χ2v) is 6.97. The van der Waals surface area contributed by atoms with Gasteiger partial charge >= 0.3 is 0 Å². The zero-order valence-electron chi connectivity index (χ0n) is 14.4. The number of fused-ring (bicyclic) bond motifs is 1. The molecule has 1 aromatic carbocycles. The van der Waals surface area contributed by atoms with E-state index in [1.54, 1.807) is 4.90 Å². The summed E-state index contributed by atoms with van der Waals surface area (Å²) in [4.78, 5) is 29.0. The maximum atomic E-state index is 12.8. The molecule has 0 radical (unpaired) electrons. The van der Waals surface area contributed by atoms with Crippen molar-refractivity contribution in [3.63, 3.8) is 0 Å². The molecule has 0 spiro atoms. The molecule has 6 heteroatoms. The van der Waals surface area contributed by atoms with Crippen molar-refractivity contribution in [2.75, 3.05) is 37.7 Å². The number of nitrogens with zero attached hydrogens (tertiary/aromatic N) is 2. The van der Waals surface area contributed by atoms with Gasteiger partial charge in [-0.1, -0.05) is 12.8 Å². The second-order valence-electron chi connectivity index (χ2n) is 6.97. The van der Waals surface area contributed by atoms with Gasteiger partial charge in [-0.2, -0.15) is 0 Å². The molecule has 0 bridgehead atoms. The van der Waals surface area contributed by atoms with Gasteiger partial charge in [0.25, 0.3) is 0 Å². The Bertz CT molecular complexity index is 667. The van der Waals surface area contributed by atoms with E-state index in [1.165, 1.54) is 12.8 Å². The van der Waals surface area contributed by atoms with Gasteiger partial charge in [-0.25, -0.2) is 0 Å². The number of anilines is 1. The number of hydrogen-bond acceptors (Lipinski definition) is 4. The summed E-state index contributed by atoms with van der Waals surface area (Å²) in [7, 11) is 0. The molecule has 25 heavy (non-hydrogen) atoms. The van der Waals surface area contributed by atoms with Crippen molar-refractivity contribution >= 4 is 17.5 Å². The van der Waals surface area contributed by atoms with Gasteiger partial charge in [0.15, 0.2) is 11.5 Å². The molecular weight excluding hydrogens is 320 g/mol. The molecule has 0 unspecified atom stereocenters.